The van der Waals surface area contributed by atoms with Gasteiger partial charge in [0.1, 0.15) is 0 Å². The Morgan fingerprint density at radius 2 is 2.50 bits per heavy atom. The SMILES string of the molecule is CC1(c2cncn2CCc2ncon2)CCNC1. The van der Waals surface area contributed by atoms with Gasteiger partial charge in [-0.2, -0.15) is 4.98 Å². The average molecular weight is 247 g/mol. The first kappa shape index (κ1) is 11.4. The number of aryl methyl sites for hydroxylation is 2. The first-order valence-electron chi connectivity index (χ1n) is 6.24. The zero-order valence-corrected chi connectivity index (χ0v) is 10.5. The van der Waals surface area contributed by atoms with E-state index in [1.807, 2.05) is 12.5 Å². The Morgan fingerprint density at radius 3 is 3.22 bits per heavy atom. The van der Waals surface area contributed by atoms with Gasteiger partial charge in [0, 0.05) is 36.8 Å². The molecule has 6 heteroatoms. The molecule has 1 aliphatic heterocycles. The summed E-state index contributed by atoms with van der Waals surface area (Å²) in [7, 11) is 0. The Bertz CT molecular complexity index is 498. The Hall–Kier alpha value is -1.69. The second-order valence-corrected chi connectivity index (χ2v) is 5.06. The number of hydrogen-bond donors (Lipinski definition) is 1. The highest BCUT2D eigenvalue weighted by Gasteiger charge is 2.33. The number of aromatic nitrogens is 4. The lowest BCUT2D eigenvalue weighted by atomic mass is 9.86. The Morgan fingerprint density at radius 1 is 1.56 bits per heavy atom. The third-order valence-electron chi connectivity index (χ3n) is 3.68. The largest absolute Gasteiger partial charge is 0.343 e. The van der Waals surface area contributed by atoms with Crippen LogP contribution in [-0.4, -0.2) is 32.8 Å². The molecule has 2 aromatic heterocycles. The third-order valence-corrected chi connectivity index (χ3v) is 3.68. The van der Waals surface area contributed by atoms with Gasteiger partial charge in [-0.15, -0.1) is 0 Å². The van der Waals surface area contributed by atoms with Gasteiger partial charge in [-0.1, -0.05) is 12.1 Å². The molecule has 0 aromatic carbocycles. The highest BCUT2D eigenvalue weighted by atomic mass is 16.5. The Labute approximate surface area is 105 Å². The molecule has 1 unspecified atom stereocenters. The lowest BCUT2D eigenvalue weighted by Crippen LogP contribution is -2.28. The highest BCUT2D eigenvalue weighted by Crippen LogP contribution is 2.29. The molecule has 1 saturated heterocycles. The van der Waals surface area contributed by atoms with Gasteiger partial charge in [0.25, 0.3) is 0 Å². The van der Waals surface area contributed by atoms with Crippen LogP contribution in [0.4, 0.5) is 0 Å². The molecular formula is C12H17N5O. The summed E-state index contributed by atoms with van der Waals surface area (Å²) in [6, 6.07) is 0. The predicted octanol–water partition coefficient (Wildman–Crippen LogP) is 0.760. The maximum Gasteiger partial charge on any atom is 0.213 e. The van der Waals surface area contributed by atoms with Crippen molar-refractivity contribution in [2.24, 2.45) is 0 Å². The van der Waals surface area contributed by atoms with E-state index in [-0.39, 0.29) is 5.41 Å². The second kappa shape index (κ2) is 4.53. The molecule has 1 aliphatic rings. The van der Waals surface area contributed by atoms with Crippen LogP contribution in [0, 0.1) is 0 Å². The van der Waals surface area contributed by atoms with Gasteiger partial charge in [-0.3, -0.25) is 0 Å². The summed E-state index contributed by atoms with van der Waals surface area (Å²) in [6.07, 6.45) is 7.15. The van der Waals surface area contributed by atoms with Crippen LogP contribution in [0.25, 0.3) is 0 Å². The molecule has 0 saturated carbocycles. The molecule has 1 atom stereocenters. The topological polar surface area (TPSA) is 68.8 Å². The van der Waals surface area contributed by atoms with E-state index in [2.05, 4.69) is 31.9 Å². The van der Waals surface area contributed by atoms with E-state index in [1.54, 1.807) is 0 Å². The monoisotopic (exact) mass is 247 g/mol. The lowest BCUT2D eigenvalue weighted by Gasteiger charge is -2.24. The van der Waals surface area contributed by atoms with Crippen molar-refractivity contribution in [3.8, 4) is 0 Å². The number of hydrogen-bond acceptors (Lipinski definition) is 5. The van der Waals surface area contributed by atoms with Crippen molar-refractivity contribution >= 4 is 0 Å². The number of nitrogens with zero attached hydrogens (tertiary/aromatic N) is 4. The summed E-state index contributed by atoms with van der Waals surface area (Å²) in [6.45, 7) is 5.22. The number of rotatable bonds is 4. The fourth-order valence-corrected chi connectivity index (χ4v) is 2.56. The molecule has 0 bridgehead atoms. The molecule has 96 valence electrons. The molecule has 2 aromatic rings. The number of imidazole rings is 1. The van der Waals surface area contributed by atoms with Crippen LogP contribution < -0.4 is 5.32 Å². The van der Waals surface area contributed by atoms with E-state index in [9.17, 15) is 0 Å². The third kappa shape index (κ3) is 2.03. The van der Waals surface area contributed by atoms with Crippen LogP contribution in [0.5, 0.6) is 0 Å². The fraction of sp³-hybridized carbons (Fsp3) is 0.583. The molecule has 3 rings (SSSR count). The van der Waals surface area contributed by atoms with Gasteiger partial charge >= 0.3 is 0 Å². The normalized spacial score (nSPS) is 23.6. The van der Waals surface area contributed by atoms with E-state index in [0.717, 1.165) is 38.3 Å². The summed E-state index contributed by atoms with van der Waals surface area (Å²) >= 11 is 0. The van der Waals surface area contributed by atoms with Gasteiger partial charge in [0.2, 0.25) is 6.39 Å². The van der Waals surface area contributed by atoms with Crippen molar-refractivity contribution in [3.63, 3.8) is 0 Å². The van der Waals surface area contributed by atoms with Crippen LogP contribution in [0.3, 0.4) is 0 Å². The van der Waals surface area contributed by atoms with E-state index < -0.39 is 0 Å². The van der Waals surface area contributed by atoms with E-state index in [0.29, 0.717) is 0 Å². The van der Waals surface area contributed by atoms with Crippen molar-refractivity contribution in [2.75, 3.05) is 13.1 Å². The molecule has 0 radical (unpaired) electrons. The molecule has 0 amide bonds. The highest BCUT2D eigenvalue weighted by molar-refractivity contribution is 5.17. The van der Waals surface area contributed by atoms with Crippen molar-refractivity contribution in [3.05, 3.63) is 30.4 Å². The maximum atomic E-state index is 4.74. The minimum atomic E-state index is 0.188. The molecule has 0 spiro atoms. The van der Waals surface area contributed by atoms with Gasteiger partial charge in [0.05, 0.1) is 6.33 Å². The summed E-state index contributed by atoms with van der Waals surface area (Å²) in [5, 5.41) is 7.25. The van der Waals surface area contributed by atoms with Crippen LogP contribution in [0.15, 0.2) is 23.4 Å². The first-order valence-corrected chi connectivity index (χ1v) is 6.24. The minimum Gasteiger partial charge on any atom is -0.343 e. The quantitative estimate of drug-likeness (QED) is 0.863. The zero-order valence-electron chi connectivity index (χ0n) is 10.5. The lowest BCUT2D eigenvalue weighted by molar-refractivity contribution is 0.407. The van der Waals surface area contributed by atoms with Crippen LogP contribution in [0.2, 0.25) is 0 Å². The fourth-order valence-electron chi connectivity index (χ4n) is 2.56. The zero-order chi connectivity index (χ0) is 12.4. The van der Waals surface area contributed by atoms with E-state index in [4.69, 9.17) is 4.52 Å². The molecule has 18 heavy (non-hydrogen) atoms. The summed E-state index contributed by atoms with van der Waals surface area (Å²) in [5.41, 5.74) is 1.48. The minimum absolute atomic E-state index is 0.188. The molecule has 3 heterocycles. The maximum absolute atomic E-state index is 4.74. The van der Waals surface area contributed by atoms with Crippen LogP contribution >= 0.6 is 0 Å². The van der Waals surface area contributed by atoms with Crippen molar-refractivity contribution in [1.82, 2.24) is 25.0 Å². The smallest absolute Gasteiger partial charge is 0.213 e. The van der Waals surface area contributed by atoms with Gasteiger partial charge in [0.15, 0.2) is 5.82 Å². The predicted molar refractivity (Wildman–Crippen MR) is 65.1 cm³/mol. The first-order chi connectivity index (χ1) is 8.78. The Kier molecular flexibility index (Phi) is 2.87. The van der Waals surface area contributed by atoms with Crippen molar-refractivity contribution in [1.29, 1.82) is 0 Å². The van der Waals surface area contributed by atoms with Crippen LogP contribution in [-0.2, 0) is 18.4 Å². The van der Waals surface area contributed by atoms with Crippen molar-refractivity contribution < 1.29 is 4.52 Å². The molecule has 0 aliphatic carbocycles. The summed E-state index contributed by atoms with van der Waals surface area (Å²) < 4.78 is 6.94. The molecule has 6 nitrogen and oxygen atoms in total. The number of nitrogens with one attached hydrogen (secondary N) is 1. The van der Waals surface area contributed by atoms with E-state index >= 15 is 0 Å². The summed E-state index contributed by atoms with van der Waals surface area (Å²) in [5.74, 6) is 0.740. The standard InChI is InChI=1S/C12H17N5O/c1-12(3-4-13-7-12)10-6-14-8-17(10)5-2-11-15-9-18-16-11/h6,8-9,13H,2-5,7H2,1H3. The Balaban J connectivity index is 1.75. The van der Waals surface area contributed by atoms with Gasteiger partial charge < -0.3 is 14.4 Å². The van der Waals surface area contributed by atoms with Crippen LogP contribution in [0.1, 0.15) is 24.9 Å². The molecule has 1 fully saturated rings. The summed E-state index contributed by atoms with van der Waals surface area (Å²) in [4.78, 5) is 8.32. The van der Waals surface area contributed by atoms with Gasteiger partial charge in [-0.25, -0.2) is 4.98 Å². The average Bonchev–Trinajstić information content (AvgIpc) is 3.08. The second-order valence-electron chi connectivity index (χ2n) is 5.06. The molecular weight excluding hydrogens is 230 g/mol. The molecule has 1 N–H and O–H groups in total. The van der Waals surface area contributed by atoms with E-state index in [1.165, 1.54) is 12.1 Å². The van der Waals surface area contributed by atoms with Crippen molar-refractivity contribution in [2.45, 2.75) is 31.7 Å². The van der Waals surface area contributed by atoms with Gasteiger partial charge in [-0.05, 0) is 13.0 Å².